The van der Waals surface area contributed by atoms with Crippen molar-refractivity contribution in [2.45, 2.75) is 13.0 Å². The van der Waals surface area contributed by atoms with Crippen LogP contribution in [0.25, 0.3) is 0 Å². The number of amides is 1. The van der Waals surface area contributed by atoms with Crippen LogP contribution in [-0.4, -0.2) is 26.7 Å². The molecule has 0 aliphatic heterocycles. The summed E-state index contributed by atoms with van der Waals surface area (Å²) in [6, 6.07) is 21.7. The molecule has 30 heavy (non-hydrogen) atoms. The molecule has 0 bridgehead atoms. The standard InChI is InChI=1S/C24H26N2O4/c1-4-30-21-14-13-19(16-22(21)29-3)25-23(17-9-6-5-7-10-17)24(27)26-18-11-8-12-20(15-18)28-2/h5-16,23,25H,4H2,1-3H3,(H,26,27)/t23-/m0/s1. The van der Waals surface area contributed by atoms with E-state index in [1.165, 1.54) is 0 Å². The molecule has 1 atom stereocenters. The zero-order valence-corrected chi connectivity index (χ0v) is 17.3. The quantitative estimate of drug-likeness (QED) is 0.529. The number of methoxy groups -OCH3 is 2. The lowest BCUT2D eigenvalue weighted by Crippen LogP contribution is -2.27. The lowest BCUT2D eigenvalue weighted by atomic mass is 10.1. The van der Waals surface area contributed by atoms with E-state index in [0.29, 0.717) is 29.5 Å². The first-order valence-corrected chi connectivity index (χ1v) is 9.71. The summed E-state index contributed by atoms with van der Waals surface area (Å²) >= 11 is 0. The van der Waals surface area contributed by atoms with E-state index in [1.807, 2.05) is 73.7 Å². The van der Waals surface area contributed by atoms with Crippen LogP contribution in [0, 0.1) is 0 Å². The molecule has 0 spiro atoms. The third kappa shape index (κ3) is 5.23. The number of hydrogen-bond donors (Lipinski definition) is 2. The third-order valence-corrected chi connectivity index (χ3v) is 4.51. The van der Waals surface area contributed by atoms with E-state index < -0.39 is 6.04 Å². The average molecular weight is 406 g/mol. The van der Waals surface area contributed by atoms with Crippen LogP contribution >= 0.6 is 0 Å². The van der Waals surface area contributed by atoms with Crippen LogP contribution in [0.1, 0.15) is 18.5 Å². The van der Waals surface area contributed by atoms with Crippen molar-refractivity contribution in [3.63, 3.8) is 0 Å². The molecular weight excluding hydrogens is 380 g/mol. The monoisotopic (exact) mass is 406 g/mol. The molecule has 3 rings (SSSR count). The van der Waals surface area contributed by atoms with Gasteiger partial charge in [-0.2, -0.15) is 0 Å². The molecule has 0 aliphatic carbocycles. The van der Waals surface area contributed by atoms with Gasteiger partial charge in [0.15, 0.2) is 11.5 Å². The number of ether oxygens (including phenoxy) is 3. The van der Waals surface area contributed by atoms with Gasteiger partial charge in [-0.1, -0.05) is 36.4 Å². The fourth-order valence-electron chi connectivity index (χ4n) is 3.06. The number of hydrogen-bond acceptors (Lipinski definition) is 5. The second-order valence-electron chi connectivity index (χ2n) is 6.51. The van der Waals surface area contributed by atoms with E-state index in [0.717, 1.165) is 11.3 Å². The van der Waals surface area contributed by atoms with Crippen molar-refractivity contribution in [2.75, 3.05) is 31.5 Å². The zero-order chi connectivity index (χ0) is 21.3. The molecule has 0 radical (unpaired) electrons. The highest BCUT2D eigenvalue weighted by molar-refractivity contribution is 5.97. The fraction of sp³-hybridized carbons (Fsp3) is 0.208. The van der Waals surface area contributed by atoms with Gasteiger partial charge in [0, 0.05) is 23.5 Å². The second-order valence-corrected chi connectivity index (χ2v) is 6.51. The molecule has 0 unspecified atom stereocenters. The predicted molar refractivity (Wildman–Crippen MR) is 119 cm³/mol. The van der Waals surface area contributed by atoms with Crippen molar-refractivity contribution in [1.29, 1.82) is 0 Å². The summed E-state index contributed by atoms with van der Waals surface area (Å²) in [5.41, 5.74) is 2.24. The summed E-state index contributed by atoms with van der Waals surface area (Å²) in [4.78, 5) is 13.2. The minimum atomic E-state index is -0.611. The van der Waals surface area contributed by atoms with Crippen molar-refractivity contribution >= 4 is 17.3 Å². The maximum atomic E-state index is 13.2. The van der Waals surface area contributed by atoms with E-state index in [2.05, 4.69) is 10.6 Å². The SMILES string of the molecule is CCOc1ccc(N[C@H](C(=O)Nc2cccc(OC)c2)c2ccccc2)cc1OC. The third-order valence-electron chi connectivity index (χ3n) is 4.51. The Labute approximate surface area is 176 Å². The molecule has 0 aliphatic rings. The van der Waals surface area contributed by atoms with Crippen molar-refractivity contribution in [2.24, 2.45) is 0 Å². The largest absolute Gasteiger partial charge is 0.497 e. The molecule has 3 aromatic rings. The lowest BCUT2D eigenvalue weighted by molar-refractivity contribution is -0.117. The molecule has 3 aromatic carbocycles. The first-order chi connectivity index (χ1) is 14.6. The number of anilines is 2. The topological polar surface area (TPSA) is 68.8 Å². The molecule has 6 heteroatoms. The molecule has 1 amide bonds. The summed E-state index contributed by atoms with van der Waals surface area (Å²) < 4.78 is 16.2. The minimum Gasteiger partial charge on any atom is -0.497 e. The van der Waals surface area contributed by atoms with Gasteiger partial charge in [0.2, 0.25) is 0 Å². The maximum Gasteiger partial charge on any atom is 0.251 e. The summed E-state index contributed by atoms with van der Waals surface area (Å²) in [6.07, 6.45) is 0. The number of carbonyl (C=O) groups excluding carboxylic acids is 1. The number of rotatable bonds is 9. The highest BCUT2D eigenvalue weighted by Crippen LogP contribution is 2.32. The Morgan fingerprint density at radius 3 is 2.37 bits per heavy atom. The Morgan fingerprint density at radius 1 is 0.867 bits per heavy atom. The van der Waals surface area contributed by atoms with Crippen molar-refractivity contribution < 1.29 is 19.0 Å². The van der Waals surface area contributed by atoms with E-state index in [1.54, 1.807) is 20.3 Å². The van der Waals surface area contributed by atoms with Gasteiger partial charge in [-0.05, 0) is 36.8 Å². The molecule has 0 fully saturated rings. The van der Waals surface area contributed by atoms with E-state index >= 15 is 0 Å². The highest BCUT2D eigenvalue weighted by Gasteiger charge is 2.21. The van der Waals surface area contributed by atoms with Crippen LogP contribution in [0.2, 0.25) is 0 Å². The zero-order valence-electron chi connectivity index (χ0n) is 17.3. The van der Waals surface area contributed by atoms with Crippen LogP contribution in [0.15, 0.2) is 72.8 Å². The average Bonchev–Trinajstić information content (AvgIpc) is 2.79. The summed E-state index contributed by atoms with van der Waals surface area (Å²) in [7, 11) is 3.18. The fourth-order valence-corrected chi connectivity index (χ4v) is 3.06. The van der Waals surface area contributed by atoms with Gasteiger partial charge in [0.25, 0.3) is 5.91 Å². The smallest absolute Gasteiger partial charge is 0.251 e. The Morgan fingerprint density at radius 2 is 1.67 bits per heavy atom. The van der Waals surface area contributed by atoms with Gasteiger partial charge in [-0.15, -0.1) is 0 Å². The first-order valence-electron chi connectivity index (χ1n) is 9.71. The van der Waals surface area contributed by atoms with Crippen molar-refractivity contribution in [3.05, 3.63) is 78.4 Å². The van der Waals surface area contributed by atoms with Crippen LogP contribution in [-0.2, 0) is 4.79 Å². The normalized spacial score (nSPS) is 11.3. The van der Waals surface area contributed by atoms with Gasteiger partial charge in [-0.25, -0.2) is 0 Å². The van der Waals surface area contributed by atoms with Crippen LogP contribution in [0.4, 0.5) is 11.4 Å². The maximum absolute atomic E-state index is 13.2. The van der Waals surface area contributed by atoms with Crippen molar-refractivity contribution in [3.8, 4) is 17.2 Å². The van der Waals surface area contributed by atoms with Crippen molar-refractivity contribution in [1.82, 2.24) is 0 Å². The van der Waals surface area contributed by atoms with E-state index in [-0.39, 0.29) is 5.91 Å². The molecule has 0 heterocycles. The number of nitrogens with one attached hydrogen (secondary N) is 2. The van der Waals surface area contributed by atoms with Gasteiger partial charge in [0.05, 0.1) is 20.8 Å². The minimum absolute atomic E-state index is 0.192. The van der Waals surface area contributed by atoms with E-state index in [4.69, 9.17) is 14.2 Å². The molecule has 2 N–H and O–H groups in total. The summed E-state index contributed by atoms with van der Waals surface area (Å²) in [6.45, 7) is 2.46. The molecule has 0 saturated carbocycles. The molecule has 0 aromatic heterocycles. The molecular formula is C24H26N2O4. The molecule has 0 saturated heterocycles. The Balaban J connectivity index is 1.87. The molecule has 156 valence electrons. The van der Waals surface area contributed by atoms with Crippen LogP contribution < -0.4 is 24.8 Å². The summed E-state index contributed by atoms with van der Waals surface area (Å²) in [5.74, 6) is 1.74. The van der Waals surface area contributed by atoms with Gasteiger partial charge in [-0.3, -0.25) is 4.79 Å². The Hall–Kier alpha value is -3.67. The van der Waals surface area contributed by atoms with Crippen LogP contribution in [0.5, 0.6) is 17.2 Å². The predicted octanol–water partition coefficient (Wildman–Crippen LogP) is 4.89. The van der Waals surface area contributed by atoms with E-state index in [9.17, 15) is 4.79 Å². The number of benzene rings is 3. The lowest BCUT2D eigenvalue weighted by Gasteiger charge is -2.21. The van der Waals surface area contributed by atoms with Gasteiger partial charge in [0.1, 0.15) is 11.8 Å². The highest BCUT2D eigenvalue weighted by atomic mass is 16.5. The number of carbonyl (C=O) groups is 1. The van der Waals surface area contributed by atoms with Gasteiger partial charge < -0.3 is 24.8 Å². The Bertz CT molecular complexity index is 976. The molecule has 6 nitrogen and oxygen atoms in total. The second kappa shape index (κ2) is 10.2. The first kappa shape index (κ1) is 21.0. The Kier molecular flexibility index (Phi) is 7.16. The van der Waals surface area contributed by atoms with Crippen LogP contribution in [0.3, 0.4) is 0 Å². The summed E-state index contributed by atoms with van der Waals surface area (Å²) in [5, 5.41) is 6.27. The van der Waals surface area contributed by atoms with Gasteiger partial charge >= 0.3 is 0 Å².